The number of aromatic nitrogens is 1. The zero-order valence-corrected chi connectivity index (χ0v) is 20.0. The molecule has 0 unspecified atom stereocenters. The van der Waals surface area contributed by atoms with E-state index < -0.39 is 29.8 Å². The van der Waals surface area contributed by atoms with Gasteiger partial charge in [-0.25, -0.2) is 5.43 Å². The van der Waals surface area contributed by atoms with Crippen LogP contribution in [0.4, 0.5) is 13.2 Å². The van der Waals surface area contributed by atoms with E-state index in [-0.39, 0.29) is 29.3 Å². The molecule has 35 heavy (non-hydrogen) atoms. The summed E-state index contributed by atoms with van der Waals surface area (Å²) in [7, 11) is 1.43. The number of methoxy groups -OCH3 is 1. The summed E-state index contributed by atoms with van der Waals surface area (Å²) in [6.45, 7) is 1.21. The van der Waals surface area contributed by atoms with Gasteiger partial charge in [0.25, 0.3) is 11.5 Å². The van der Waals surface area contributed by atoms with E-state index in [1.54, 1.807) is 6.92 Å². The van der Waals surface area contributed by atoms with Crippen LogP contribution < -0.4 is 11.0 Å². The molecular formula is C23H18BrF3N4O4. The number of nitriles is 1. The van der Waals surface area contributed by atoms with Crippen LogP contribution in [0.1, 0.15) is 28.1 Å². The Labute approximate surface area is 205 Å². The molecule has 0 saturated heterocycles. The lowest BCUT2D eigenvalue weighted by atomic mass is 10.1. The van der Waals surface area contributed by atoms with Crippen molar-refractivity contribution in [1.82, 2.24) is 9.99 Å². The Kier molecular flexibility index (Phi) is 7.93. The molecule has 0 atom stereocenters. The van der Waals surface area contributed by atoms with Crippen LogP contribution in [0.2, 0.25) is 0 Å². The number of carbonyl (C=O) groups is 1. The number of amides is 1. The summed E-state index contributed by atoms with van der Waals surface area (Å²) in [5.74, 6) is -0.585. The Hall–Kier alpha value is -3.69. The minimum Gasteiger partial charge on any atom is -0.455 e. The lowest BCUT2D eigenvalue weighted by Crippen LogP contribution is -2.33. The van der Waals surface area contributed by atoms with Gasteiger partial charge in [0.05, 0.1) is 18.4 Å². The van der Waals surface area contributed by atoms with Crippen LogP contribution in [0.5, 0.6) is 0 Å². The van der Waals surface area contributed by atoms with E-state index in [1.807, 2.05) is 6.07 Å². The maximum Gasteiger partial charge on any atom is 0.417 e. The molecule has 0 fully saturated rings. The molecular weight excluding hydrogens is 533 g/mol. The summed E-state index contributed by atoms with van der Waals surface area (Å²) in [6, 6.07) is 9.58. The van der Waals surface area contributed by atoms with Crippen molar-refractivity contribution in [3.05, 3.63) is 79.4 Å². The topological polar surface area (TPSA) is 110 Å². The van der Waals surface area contributed by atoms with Crippen molar-refractivity contribution in [1.29, 1.82) is 5.26 Å². The quantitative estimate of drug-likeness (QED) is 0.347. The minimum absolute atomic E-state index is 0.0158. The van der Waals surface area contributed by atoms with Gasteiger partial charge in [-0.2, -0.15) is 23.5 Å². The highest BCUT2D eigenvalue weighted by atomic mass is 79.9. The molecule has 2 heterocycles. The van der Waals surface area contributed by atoms with Crippen molar-refractivity contribution in [2.24, 2.45) is 5.10 Å². The summed E-state index contributed by atoms with van der Waals surface area (Å²) >= 11 is 3.33. The molecule has 1 amide bonds. The standard InChI is InChI=1S/C23H18BrF3N4O4/c1-13-21(24)17(12-34-2)16(9-28)22(33)31(13)11-20(32)30-29-10-14-7-8-19(35-14)15-5-3-4-6-18(15)23(25,26)27/h3-8,10H,11-12H2,1-2H3,(H,30,32)/b29-10+. The van der Waals surface area contributed by atoms with Crippen LogP contribution in [-0.4, -0.2) is 23.8 Å². The molecule has 0 radical (unpaired) electrons. The molecule has 0 saturated carbocycles. The number of nitrogens with one attached hydrogen (secondary N) is 1. The molecule has 0 aliphatic rings. The third kappa shape index (κ3) is 5.70. The summed E-state index contributed by atoms with van der Waals surface area (Å²) < 4.78 is 51.7. The van der Waals surface area contributed by atoms with E-state index in [2.05, 4.69) is 26.5 Å². The fourth-order valence-corrected chi connectivity index (χ4v) is 3.83. The Morgan fingerprint density at radius 1 is 1.31 bits per heavy atom. The van der Waals surface area contributed by atoms with Crippen molar-refractivity contribution >= 4 is 28.1 Å². The van der Waals surface area contributed by atoms with Gasteiger partial charge in [-0.05, 0) is 41.1 Å². The predicted octanol–water partition coefficient (Wildman–Crippen LogP) is 4.37. The Balaban J connectivity index is 1.75. The van der Waals surface area contributed by atoms with Crippen LogP contribution in [-0.2, 0) is 28.9 Å². The number of ether oxygens (including phenoxy) is 1. The SMILES string of the molecule is COCc1c(Br)c(C)n(CC(=O)N/N=C/c2ccc(-c3ccccc3C(F)(F)F)o2)c(=O)c1C#N. The monoisotopic (exact) mass is 550 g/mol. The van der Waals surface area contributed by atoms with E-state index >= 15 is 0 Å². The Bertz CT molecular complexity index is 1390. The lowest BCUT2D eigenvalue weighted by molar-refractivity contribution is -0.137. The van der Waals surface area contributed by atoms with Crippen LogP contribution >= 0.6 is 15.9 Å². The van der Waals surface area contributed by atoms with E-state index in [9.17, 15) is 28.0 Å². The molecule has 182 valence electrons. The van der Waals surface area contributed by atoms with E-state index in [0.29, 0.717) is 15.7 Å². The van der Waals surface area contributed by atoms with Gasteiger partial charge in [0.2, 0.25) is 0 Å². The normalized spacial score (nSPS) is 11.6. The lowest BCUT2D eigenvalue weighted by Gasteiger charge is -2.15. The van der Waals surface area contributed by atoms with Gasteiger partial charge < -0.3 is 13.7 Å². The number of hydrogen-bond donors (Lipinski definition) is 1. The molecule has 3 aromatic rings. The van der Waals surface area contributed by atoms with E-state index in [0.717, 1.165) is 16.8 Å². The van der Waals surface area contributed by atoms with Gasteiger partial charge in [-0.15, -0.1) is 0 Å². The molecule has 3 rings (SSSR count). The van der Waals surface area contributed by atoms with Gasteiger partial charge in [0.1, 0.15) is 29.7 Å². The first-order valence-corrected chi connectivity index (χ1v) is 10.8. The molecule has 1 N–H and O–H groups in total. The Morgan fingerprint density at radius 2 is 2.03 bits per heavy atom. The van der Waals surface area contributed by atoms with E-state index in [1.165, 1.54) is 37.4 Å². The predicted molar refractivity (Wildman–Crippen MR) is 123 cm³/mol. The number of pyridine rings is 1. The summed E-state index contributed by atoms with van der Waals surface area (Å²) in [6.07, 6.45) is -3.43. The van der Waals surface area contributed by atoms with Crippen LogP contribution in [0.3, 0.4) is 0 Å². The minimum atomic E-state index is -4.55. The van der Waals surface area contributed by atoms with Crippen molar-refractivity contribution in [2.75, 3.05) is 7.11 Å². The number of benzene rings is 1. The van der Waals surface area contributed by atoms with E-state index in [4.69, 9.17) is 9.15 Å². The zero-order valence-electron chi connectivity index (χ0n) is 18.4. The molecule has 12 heteroatoms. The molecule has 0 aliphatic heterocycles. The first-order chi connectivity index (χ1) is 16.6. The highest BCUT2D eigenvalue weighted by Crippen LogP contribution is 2.37. The second-order valence-electron chi connectivity index (χ2n) is 7.23. The van der Waals surface area contributed by atoms with Crippen LogP contribution in [0.25, 0.3) is 11.3 Å². The first-order valence-electron chi connectivity index (χ1n) is 9.97. The maximum absolute atomic E-state index is 13.2. The first kappa shape index (κ1) is 25.9. The summed E-state index contributed by atoms with van der Waals surface area (Å²) in [4.78, 5) is 25.0. The number of alkyl halides is 3. The molecule has 0 bridgehead atoms. The molecule has 8 nitrogen and oxygen atoms in total. The number of hydrogen-bond acceptors (Lipinski definition) is 6. The largest absolute Gasteiger partial charge is 0.455 e. The second kappa shape index (κ2) is 10.7. The van der Waals surface area contributed by atoms with Crippen molar-refractivity contribution in [3.63, 3.8) is 0 Å². The van der Waals surface area contributed by atoms with Crippen LogP contribution in [0.15, 0.2) is 55.2 Å². The van der Waals surface area contributed by atoms with Crippen molar-refractivity contribution in [2.45, 2.75) is 26.3 Å². The summed E-state index contributed by atoms with van der Waals surface area (Å²) in [5.41, 5.74) is 1.25. The Morgan fingerprint density at radius 3 is 2.69 bits per heavy atom. The highest BCUT2D eigenvalue weighted by molar-refractivity contribution is 9.10. The van der Waals surface area contributed by atoms with Gasteiger partial charge in [0.15, 0.2) is 0 Å². The number of furan rings is 1. The number of carbonyl (C=O) groups excluding carboxylic acids is 1. The number of nitrogens with zero attached hydrogens (tertiary/aromatic N) is 3. The fourth-order valence-electron chi connectivity index (χ4n) is 3.31. The third-order valence-electron chi connectivity index (χ3n) is 4.96. The van der Waals surface area contributed by atoms with Gasteiger partial charge in [-0.1, -0.05) is 18.2 Å². The second-order valence-corrected chi connectivity index (χ2v) is 8.02. The fraction of sp³-hybridized carbons (Fsp3) is 0.217. The van der Waals surface area contributed by atoms with Crippen molar-refractivity contribution < 1.29 is 27.1 Å². The van der Waals surface area contributed by atoms with Gasteiger partial charge in [-0.3, -0.25) is 9.59 Å². The molecule has 0 aliphatic carbocycles. The number of halogens is 4. The average Bonchev–Trinajstić information content (AvgIpc) is 3.29. The number of rotatable bonds is 7. The molecule has 2 aromatic heterocycles. The van der Waals surface area contributed by atoms with Crippen molar-refractivity contribution in [3.8, 4) is 17.4 Å². The molecule has 0 spiro atoms. The van der Waals surface area contributed by atoms with Gasteiger partial charge >= 0.3 is 6.18 Å². The smallest absolute Gasteiger partial charge is 0.417 e. The summed E-state index contributed by atoms with van der Waals surface area (Å²) in [5, 5.41) is 13.1. The third-order valence-corrected chi connectivity index (χ3v) is 6.01. The molecule has 1 aromatic carbocycles. The maximum atomic E-state index is 13.2. The average molecular weight is 551 g/mol. The zero-order chi connectivity index (χ0) is 25.8. The van der Waals surface area contributed by atoms with Gasteiger partial charge in [0, 0.05) is 28.4 Å². The number of hydrazone groups is 1. The van der Waals surface area contributed by atoms with Crippen LogP contribution in [0, 0.1) is 18.3 Å². The highest BCUT2D eigenvalue weighted by Gasteiger charge is 2.34.